The summed E-state index contributed by atoms with van der Waals surface area (Å²) in [5, 5.41) is 0. The Hall–Kier alpha value is -3.41. The van der Waals surface area contributed by atoms with Crippen LogP contribution >= 0.6 is 0 Å². The van der Waals surface area contributed by atoms with Crippen LogP contribution in [0.2, 0.25) is 0 Å². The van der Waals surface area contributed by atoms with Crippen molar-refractivity contribution in [2.75, 3.05) is 13.2 Å². The maximum absolute atomic E-state index is 12.9. The fourth-order valence-electron chi connectivity index (χ4n) is 9.80. The minimum atomic E-state index is -0.783. The van der Waals surface area contributed by atoms with Gasteiger partial charge in [-0.1, -0.05) is 311 Å². The summed E-state index contributed by atoms with van der Waals surface area (Å²) in [4.78, 5) is 38.4. The average molecular weight is 1100 g/mol. The second-order valence-corrected chi connectivity index (χ2v) is 22.7. The summed E-state index contributed by atoms with van der Waals surface area (Å²) in [5.74, 6) is -0.873. The molecule has 0 saturated carbocycles. The first-order chi connectivity index (χ1) is 39.0. The van der Waals surface area contributed by atoms with E-state index >= 15 is 0 Å². The summed E-state index contributed by atoms with van der Waals surface area (Å²) in [6, 6.07) is 0. The molecule has 0 rings (SSSR count). The largest absolute Gasteiger partial charge is 0.462 e. The van der Waals surface area contributed by atoms with Gasteiger partial charge in [0.05, 0.1) is 0 Å². The Balaban J connectivity index is 4.31. The SMILES string of the molecule is CC/C=C\C/C=C\C/C=C\C/C=C\CCCCCCCCCCCCCCCCC(=O)OCC(COC(=O)CCCCCCCCCCCCCCCCC)OC(=O)CCCCCCCC/C=C\C/C=C\C/C=C\CCCCC. The highest BCUT2D eigenvalue weighted by atomic mass is 16.6. The molecule has 0 aliphatic carbocycles. The summed E-state index contributed by atoms with van der Waals surface area (Å²) in [7, 11) is 0. The zero-order valence-corrected chi connectivity index (χ0v) is 52.4. The lowest BCUT2D eigenvalue weighted by molar-refractivity contribution is -0.167. The number of hydrogen-bond acceptors (Lipinski definition) is 6. The molecule has 0 radical (unpaired) electrons. The number of rotatable bonds is 62. The molecule has 0 spiro atoms. The fraction of sp³-hybridized carbons (Fsp3) is 0.767. The highest BCUT2D eigenvalue weighted by molar-refractivity contribution is 5.71. The molecule has 1 atom stereocenters. The van der Waals surface area contributed by atoms with Crippen molar-refractivity contribution in [3.63, 3.8) is 0 Å². The molecule has 0 saturated heterocycles. The van der Waals surface area contributed by atoms with E-state index in [2.05, 4.69) is 106 Å². The molecule has 6 nitrogen and oxygen atoms in total. The third kappa shape index (κ3) is 65.3. The van der Waals surface area contributed by atoms with Gasteiger partial charge in [0.2, 0.25) is 0 Å². The van der Waals surface area contributed by atoms with E-state index in [1.807, 2.05) is 0 Å². The molecule has 0 aliphatic rings. The van der Waals surface area contributed by atoms with E-state index in [0.29, 0.717) is 19.3 Å². The predicted molar refractivity (Wildman–Crippen MR) is 344 cm³/mol. The molecular weight excluding hydrogens is 973 g/mol. The third-order valence-electron chi connectivity index (χ3n) is 14.9. The van der Waals surface area contributed by atoms with Gasteiger partial charge in [0.15, 0.2) is 6.10 Å². The van der Waals surface area contributed by atoms with Crippen molar-refractivity contribution in [1.29, 1.82) is 0 Å². The molecule has 0 amide bonds. The van der Waals surface area contributed by atoms with Gasteiger partial charge >= 0.3 is 17.9 Å². The average Bonchev–Trinajstić information content (AvgIpc) is 3.45. The number of esters is 3. The highest BCUT2D eigenvalue weighted by Crippen LogP contribution is 2.17. The molecular formula is C73H128O6. The second kappa shape index (κ2) is 67.1. The Morgan fingerprint density at radius 3 is 0.797 bits per heavy atom. The lowest BCUT2D eigenvalue weighted by Crippen LogP contribution is -2.30. The molecule has 0 N–H and O–H groups in total. The number of unbranched alkanes of at least 4 members (excludes halogenated alkanes) is 37. The van der Waals surface area contributed by atoms with E-state index in [4.69, 9.17) is 14.2 Å². The number of carbonyl (C=O) groups is 3. The van der Waals surface area contributed by atoms with Gasteiger partial charge in [-0.25, -0.2) is 0 Å². The van der Waals surface area contributed by atoms with Crippen LogP contribution in [0.4, 0.5) is 0 Å². The van der Waals surface area contributed by atoms with E-state index in [1.54, 1.807) is 0 Å². The summed E-state index contributed by atoms with van der Waals surface area (Å²) in [6.07, 6.45) is 88.8. The number of allylic oxidation sites excluding steroid dienone is 14. The predicted octanol–water partition coefficient (Wildman–Crippen LogP) is 23.4. The van der Waals surface area contributed by atoms with Gasteiger partial charge in [0.25, 0.3) is 0 Å². The maximum Gasteiger partial charge on any atom is 0.306 e. The standard InChI is InChI=1S/C73H128O6/c1-4-7-10-13-16-19-22-25-28-30-32-33-34-35-36-37-38-39-41-42-45-48-51-54-57-60-63-66-72(75)78-69-70(68-77-71(74)65-62-59-56-53-50-47-44-27-24-21-18-15-12-9-6-3)79-73(76)67-64-61-58-55-52-49-46-43-40-31-29-26-23-20-17-14-11-8-5-2/h7,10,16-17,19-20,25-26,28-29,32-33,40,43,70H,4-6,8-9,11-15,18,21-24,27,30-31,34-39,41-42,44-69H2,1-3H3/b10-7-,19-16-,20-17-,28-25-,29-26-,33-32-,43-40-. The lowest BCUT2D eigenvalue weighted by Gasteiger charge is -2.18. The van der Waals surface area contributed by atoms with Crippen LogP contribution in [0.1, 0.15) is 342 Å². The Bertz CT molecular complexity index is 1500. The Morgan fingerprint density at radius 1 is 0.266 bits per heavy atom. The fourth-order valence-corrected chi connectivity index (χ4v) is 9.80. The summed E-state index contributed by atoms with van der Waals surface area (Å²) in [5.41, 5.74) is 0. The molecule has 0 aromatic heterocycles. The Kier molecular flexibility index (Phi) is 64.2. The first-order valence-electron chi connectivity index (χ1n) is 34.1. The van der Waals surface area contributed by atoms with Gasteiger partial charge in [0.1, 0.15) is 13.2 Å². The summed E-state index contributed by atoms with van der Waals surface area (Å²) >= 11 is 0. The highest BCUT2D eigenvalue weighted by Gasteiger charge is 2.19. The third-order valence-corrected chi connectivity index (χ3v) is 14.9. The second-order valence-electron chi connectivity index (χ2n) is 22.7. The first-order valence-corrected chi connectivity index (χ1v) is 34.1. The van der Waals surface area contributed by atoms with Crippen molar-refractivity contribution >= 4 is 17.9 Å². The van der Waals surface area contributed by atoms with E-state index in [-0.39, 0.29) is 31.1 Å². The number of hydrogen-bond donors (Lipinski definition) is 0. The maximum atomic E-state index is 12.9. The van der Waals surface area contributed by atoms with Crippen LogP contribution in [0.15, 0.2) is 85.1 Å². The normalized spacial score (nSPS) is 12.6. The van der Waals surface area contributed by atoms with Crippen LogP contribution in [0.5, 0.6) is 0 Å². The van der Waals surface area contributed by atoms with Gasteiger partial charge < -0.3 is 14.2 Å². The van der Waals surface area contributed by atoms with E-state index in [1.165, 1.54) is 193 Å². The summed E-state index contributed by atoms with van der Waals surface area (Å²) in [6.45, 7) is 6.54. The van der Waals surface area contributed by atoms with Gasteiger partial charge in [-0.15, -0.1) is 0 Å². The monoisotopic (exact) mass is 1100 g/mol. The smallest absolute Gasteiger partial charge is 0.306 e. The number of carbonyl (C=O) groups excluding carboxylic acids is 3. The van der Waals surface area contributed by atoms with Crippen molar-refractivity contribution < 1.29 is 28.6 Å². The zero-order valence-electron chi connectivity index (χ0n) is 52.4. The first kappa shape index (κ1) is 75.6. The Morgan fingerprint density at radius 2 is 0.494 bits per heavy atom. The molecule has 456 valence electrons. The van der Waals surface area contributed by atoms with Crippen LogP contribution in [0.3, 0.4) is 0 Å². The molecule has 0 aromatic rings. The zero-order chi connectivity index (χ0) is 57.1. The topological polar surface area (TPSA) is 78.9 Å². The molecule has 0 aliphatic heterocycles. The van der Waals surface area contributed by atoms with Crippen LogP contribution in [0.25, 0.3) is 0 Å². The minimum absolute atomic E-state index is 0.0778. The molecule has 79 heavy (non-hydrogen) atoms. The van der Waals surface area contributed by atoms with Crippen molar-refractivity contribution in [1.82, 2.24) is 0 Å². The van der Waals surface area contributed by atoms with Crippen molar-refractivity contribution in [2.24, 2.45) is 0 Å². The van der Waals surface area contributed by atoms with Gasteiger partial charge in [-0.3, -0.25) is 14.4 Å². The Labute approximate surface area is 490 Å². The van der Waals surface area contributed by atoms with Crippen LogP contribution in [-0.4, -0.2) is 37.2 Å². The number of ether oxygens (including phenoxy) is 3. The van der Waals surface area contributed by atoms with E-state index < -0.39 is 6.10 Å². The molecule has 1 unspecified atom stereocenters. The van der Waals surface area contributed by atoms with Gasteiger partial charge in [-0.05, 0) is 96.3 Å². The quantitative estimate of drug-likeness (QED) is 0.0261. The van der Waals surface area contributed by atoms with Crippen molar-refractivity contribution in [2.45, 2.75) is 348 Å². The van der Waals surface area contributed by atoms with Crippen LogP contribution in [0, 0.1) is 0 Å². The van der Waals surface area contributed by atoms with Gasteiger partial charge in [0, 0.05) is 19.3 Å². The van der Waals surface area contributed by atoms with E-state index in [0.717, 1.165) is 109 Å². The van der Waals surface area contributed by atoms with Crippen molar-refractivity contribution in [3.8, 4) is 0 Å². The van der Waals surface area contributed by atoms with E-state index in [9.17, 15) is 14.4 Å². The molecule has 6 heteroatoms. The lowest BCUT2D eigenvalue weighted by atomic mass is 10.0. The van der Waals surface area contributed by atoms with Crippen LogP contribution < -0.4 is 0 Å². The van der Waals surface area contributed by atoms with Crippen LogP contribution in [-0.2, 0) is 28.6 Å². The van der Waals surface area contributed by atoms with Crippen molar-refractivity contribution in [3.05, 3.63) is 85.1 Å². The summed E-state index contributed by atoms with van der Waals surface area (Å²) < 4.78 is 17.0. The molecule has 0 fully saturated rings. The molecule has 0 aromatic carbocycles. The van der Waals surface area contributed by atoms with Gasteiger partial charge in [-0.2, -0.15) is 0 Å². The molecule has 0 bridgehead atoms. The minimum Gasteiger partial charge on any atom is -0.462 e. The molecule has 0 heterocycles.